The van der Waals surface area contributed by atoms with Crippen LogP contribution in [-0.2, 0) is 6.54 Å². The summed E-state index contributed by atoms with van der Waals surface area (Å²) in [6, 6.07) is 3.49. The lowest BCUT2D eigenvalue weighted by Gasteiger charge is -2.34. The van der Waals surface area contributed by atoms with Crippen LogP contribution in [0.2, 0.25) is 0 Å². The highest BCUT2D eigenvalue weighted by Crippen LogP contribution is 2.13. The van der Waals surface area contributed by atoms with Crippen LogP contribution in [0.1, 0.15) is 36.6 Å². The minimum absolute atomic E-state index is 0.0202. The fourth-order valence-electron chi connectivity index (χ4n) is 2.37. The van der Waals surface area contributed by atoms with Gasteiger partial charge in [0.1, 0.15) is 5.76 Å². The van der Waals surface area contributed by atoms with Crippen LogP contribution < -0.4 is 5.73 Å². The third-order valence-corrected chi connectivity index (χ3v) is 3.76. The van der Waals surface area contributed by atoms with Gasteiger partial charge in [-0.25, -0.2) is 0 Å². The van der Waals surface area contributed by atoms with Crippen LogP contribution in [0, 0.1) is 5.92 Å². The molecule has 1 aromatic heterocycles. The summed E-state index contributed by atoms with van der Waals surface area (Å²) >= 11 is 0. The molecule has 0 aromatic carbocycles. The smallest absolute Gasteiger partial charge is 0.289 e. The first-order valence-corrected chi connectivity index (χ1v) is 7.40. The average molecular weight is 279 g/mol. The van der Waals surface area contributed by atoms with E-state index in [-0.39, 0.29) is 5.91 Å². The average Bonchev–Trinajstić information content (AvgIpc) is 2.94. The lowest BCUT2D eigenvalue weighted by atomic mass is 10.1. The Kier molecular flexibility index (Phi) is 5.20. The Morgan fingerprint density at radius 2 is 2.00 bits per heavy atom. The van der Waals surface area contributed by atoms with Gasteiger partial charge in [0.2, 0.25) is 0 Å². The number of nitrogens with zero attached hydrogens (tertiary/aromatic N) is 2. The Morgan fingerprint density at radius 3 is 2.55 bits per heavy atom. The third-order valence-electron chi connectivity index (χ3n) is 3.76. The summed E-state index contributed by atoms with van der Waals surface area (Å²) in [5.74, 6) is 1.77. The highest BCUT2D eigenvalue weighted by Gasteiger charge is 2.23. The summed E-state index contributed by atoms with van der Waals surface area (Å²) in [6.07, 6.45) is 1.21. The van der Waals surface area contributed by atoms with E-state index in [1.165, 1.54) is 6.42 Å². The zero-order valence-corrected chi connectivity index (χ0v) is 12.5. The molecule has 5 heteroatoms. The minimum Gasteiger partial charge on any atom is -0.455 e. The quantitative estimate of drug-likeness (QED) is 0.888. The van der Waals surface area contributed by atoms with Crippen molar-refractivity contribution in [2.45, 2.75) is 26.8 Å². The molecule has 1 amide bonds. The molecule has 20 heavy (non-hydrogen) atoms. The molecule has 0 aliphatic carbocycles. The summed E-state index contributed by atoms with van der Waals surface area (Å²) in [5.41, 5.74) is 5.49. The van der Waals surface area contributed by atoms with Crippen LogP contribution in [0.4, 0.5) is 0 Å². The van der Waals surface area contributed by atoms with Crippen molar-refractivity contribution in [3.05, 3.63) is 23.7 Å². The van der Waals surface area contributed by atoms with Crippen molar-refractivity contribution < 1.29 is 9.21 Å². The van der Waals surface area contributed by atoms with Crippen molar-refractivity contribution in [3.8, 4) is 0 Å². The topological polar surface area (TPSA) is 62.7 Å². The van der Waals surface area contributed by atoms with E-state index in [0.29, 0.717) is 18.1 Å². The maximum absolute atomic E-state index is 12.3. The number of nitrogens with two attached hydrogens (primary N) is 1. The molecule has 0 radical (unpaired) electrons. The molecule has 1 aromatic rings. The number of carbonyl (C=O) groups is 1. The number of rotatable bonds is 5. The highest BCUT2D eigenvalue weighted by molar-refractivity contribution is 5.91. The van der Waals surface area contributed by atoms with Crippen molar-refractivity contribution in [1.29, 1.82) is 0 Å². The van der Waals surface area contributed by atoms with Gasteiger partial charge in [-0.15, -0.1) is 0 Å². The van der Waals surface area contributed by atoms with Gasteiger partial charge < -0.3 is 15.1 Å². The summed E-state index contributed by atoms with van der Waals surface area (Å²) in [6.45, 7) is 9.38. The summed E-state index contributed by atoms with van der Waals surface area (Å²) in [7, 11) is 0. The van der Waals surface area contributed by atoms with Gasteiger partial charge >= 0.3 is 0 Å². The second-order valence-corrected chi connectivity index (χ2v) is 5.79. The Labute approximate surface area is 120 Å². The van der Waals surface area contributed by atoms with E-state index in [2.05, 4.69) is 18.7 Å². The van der Waals surface area contributed by atoms with Crippen LogP contribution in [0.5, 0.6) is 0 Å². The fraction of sp³-hybridized carbons (Fsp3) is 0.667. The first kappa shape index (κ1) is 15.1. The predicted octanol–water partition coefficient (Wildman–Crippen LogP) is 1.54. The zero-order chi connectivity index (χ0) is 14.5. The Morgan fingerprint density at radius 1 is 1.30 bits per heavy atom. The molecule has 0 saturated carbocycles. The maximum atomic E-state index is 12.3. The number of carbonyl (C=O) groups excluding carboxylic acids is 1. The second kappa shape index (κ2) is 6.90. The molecule has 0 unspecified atom stereocenters. The molecule has 1 fully saturated rings. The van der Waals surface area contributed by atoms with Gasteiger partial charge in [0.15, 0.2) is 5.76 Å². The fourth-order valence-corrected chi connectivity index (χ4v) is 2.37. The molecule has 0 atom stereocenters. The molecular formula is C15H25N3O2. The van der Waals surface area contributed by atoms with Crippen LogP contribution in [0.15, 0.2) is 16.5 Å². The van der Waals surface area contributed by atoms with E-state index in [1.54, 1.807) is 12.1 Å². The van der Waals surface area contributed by atoms with E-state index < -0.39 is 0 Å². The number of amides is 1. The largest absolute Gasteiger partial charge is 0.455 e. The standard InChI is InChI=1S/C15H25N3O2/c1-12(2)5-6-17-7-9-18(10-8-17)15(19)14-4-3-13(11-16)20-14/h3-4,12H,5-11,16H2,1-2H3. The third kappa shape index (κ3) is 3.84. The van der Waals surface area contributed by atoms with Gasteiger partial charge in [-0.2, -0.15) is 0 Å². The summed E-state index contributed by atoms with van der Waals surface area (Å²) in [5, 5.41) is 0. The molecule has 0 bridgehead atoms. The second-order valence-electron chi connectivity index (χ2n) is 5.79. The van der Waals surface area contributed by atoms with Crippen molar-refractivity contribution in [2.24, 2.45) is 11.7 Å². The van der Waals surface area contributed by atoms with Gasteiger partial charge in [0.25, 0.3) is 5.91 Å². The normalized spacial score (nSPS) is 16.9. The number of hydrogen-bond acceptors (Lipinski definition) is 4. The summed E-state index contributed by atoms with van der Waals surface area (Å²) in [4.78, 5) is 16.6. The van der Waals surface area contributed by atoms with Crippen LogP contribution in [-0.4, -0.2) is 48.4 Å². The SMILES string of the molecule is CC(C)CCN1CCN(C(=O)c2ccc(CN)o2)CC1. The van der Waals surface area contributed by atoms with Crippen molar-refractivity contribution in [2.75, 3.05) is 32.7 Å². The van der Waals surface area contributed by atoms with E-state index in [0.717, 1.165) is 38.6 Å². The monoisotopic (exact) mass is 279 g/mol. The molecule has 2 heterocycles. The van der Waals surface area contributed by atoms with E-state index in [9.17, 15) is 4.79 Å². The van der Waals surface area contributed by atoms with Crippen LogP contribution in [0.3, 0.4) is 0 Å². The first-order chi connectivity index (χ1) is 9.60. The maximum Gasteiger partial charge on any atom is 0.289 e. The van der Waals surface area contributed by atoms with E-state index in [4.69, 9.17) is 10.2 Å². The van der Waals surface area contributed by atoms with Crippen LogP contribution in [0.25, 0.3) is 0 Å². The predicted molar refractivity (Wildman–Crippen MR) is 78.4 cm³/mol. The lowest BCUT2D eigenvalue weighted by molar-refractivity contribution is 0.0599. The van der Waals surface area contributed by atoms with Gasteiger partial charge in [-0.3, -0.25) is 9.69 Å². The number of hydrogen-bond donors (Lipinski definition) is 1. The number of furan rings is 1. The van der Waals surface area contributed by atoms with Crippen molar-refractivity contribution in [1.82, 2.24) is 9.80 Å². The van der Waals surface area contributed by atoms with Crippen molar-refractivity contribution >= 4 is 5.91 Å². The Hall–Kier alpha value is -1.33. The zero-order valence-electron chi connectivity index (χ0n) is 12.5. The molecule has 112 valence electrons. The molecule has 2 N–H and O–H groups in total. The summed E-state index contributed by atoms with van der Waals surface area (Å²) < 4.78 is 5.42. The molecule has 2 rings (SSSR count). The minimum atomic E-state index is -0.0202. The van der Waals surface area contributed by atoms with Crippen LogP contribution >= 0.6 is 0 Å². The Balaban J connectivity index is 1.82. The van der Waals surface area contributed by atoms with Gasteiger partial charge in [-0.1, -0.05) is 13.8 Å². The molecule has 1 aliphatic rings. The first-order valence-electron chi connectivity index (χ1n) is 7.40. The van der Waals surface area contributed by atoms with E-state index >= 15 is 0 Å². The molecular weight excluding hydrogens is 254 g/mol. The van der Waals surface area contributed by atoms with Gasteiger partial charge in [0, 0.05) is 26.2 Å². The highest BCUT2D eigenvalue weighted by atomic mass is 16.4. The molecule has 5 nitrogen and oxygen atoms in total. The van der Waals surface area contributed by atoms with E-state index in [1.807, 2.05) is 4.90 Å². The van der Waals surface area contributed by atoms with Gasteiger partial charge in [0.05, 0.1) is 6.54 Å². The van der Waals surface area contributed by atoms with Crippen molar-refractivity contribution in [3.63, 3.8) is 0 Å². The number of piperazine rings is 1. The molecule has 1 saturated heterocycles. The lowest BCUT2D eigenvalue weighted by Crippen LogP contribution is -2.48. The van der Waals surface area contributed by atoms with Gasteiger partial charge in [-0.05, 0) is 31.0 Å². The Bertz CT molecular complexity index is 434. The molecule has 1 aliphatic heterocycles. The molecule has 0 spiro atoms.